The van der Waals surface area contributed by atoms with E-state index in [1.165, 1.54) is 30.3 Å². The third-order valence-electron chi connectivity index (χ3n) is 6.47. The SMILES string of the molecule is CC(C)(C)C[C@@H]1N[C@@H](C(=O)OC(=O)C(F)(F)F)[C@H](c2cc(Cl)ccc2OCCO)[C@@]1(C#N)c1ccc(Cl)cc1F. The molecule has 1 aliphatic heterocycles. The zero-order chi connectivity index (χ0) is 30.0. The Hall–Kier alpha value is -2.91. The zero-order valence-corrected chi connectivity index (χ0v) is 23.1. The number of esters is 2. The summed E-state index contributed by atoms with van der Waals surface area (Å²) < 4.78 is 64.5. The van der Waals surface area contributed by atoms with Crippen molar-refractivity contribution in [1.82, 2.24) is 5.32 Å². The first-order valence-corrected chi connectivity index (χ1v) is 12.8. The number of alkyl halides is 3. The van der Waals surface area contributed by atoms with E-state index in [4.69, 9.17) is 27.9 Å². The van der Waals surface area contributed by atoms with Crippen LogP contribution in [0.15, 0.2) is 36.4 Å². The molecule has 0 unspecified atom stereocenters. The van der Waals surface area contributed by atoms with Crippen molar-refractivity contribution in [3.8, 4) is 11.8 Å². The Balaban J connectivity index is 2.37. The van der Waals surface area contributed by atoms with Crippen LogP contribution in [-0.4, -0.2) is 48.5 Å². The average Bonchev–Trinajstić information content (AvgIpc) is 3.15. The first-order chi connectivity index (χ1) is 18.5. The molecule has 7 nitrogen and oxygen atoms in total. The van der Waals surface area contributed by atoms with Crippen LogP contribution in [0.5, 0.6) is 5.75 Å². The highest BCUT2D eigenvalue weighted by atomic mass is 35.5. The molecule has 0 amide bonds. The molecule has 2 aromatic carbocycles. The van der Waals surface area contributed by atoms with E-state index in [1.54, 1.807) is 0 Å². The lowest BCUT2D eigenvalue weighted by molar-refractivity contribution is -0.202. The van der Waals surface area contributed by atoms with Crippen LogP contribution in [0.4, 0.5) is 17.6 Å². The summed E-state index contributed by atoms with van der Waals surface area (Å²) in [4.78, 5) is 24.9. The predicted octanol–water partition coefficient (Wildman–Crippen LogP) is 5.46. The van der Waals surface area contributed by atoms with E-state index in [2.05, 4.69) is 16.1 Å². The van der Waals surface area contributed by atoms with Crippen LogP contribution < -0.4 is 10.1 Å². The van der Waals surface area contributed by atoms with Crippen LogP contribution in [0.2, 0.25) is 10.0 Å². The van der Waals surface area contributed by atoms with Crippen molar-refractivity contribution in [2.45, 2.75) is 56.8 Å². The molecule has 0 bridgehead atoms. The van der Waals surface area contributed by atoms with Gasteiger partial charge in [-0.05, 0) is 42.2 Å². The smallest absolute Gasteiger partial charge is 0.491 e. The molecule has 2 N–H and O–H groups in total. The molecule has 13 heteroatoms. The number of nitriles is 1. The third-order valence-corrected chi connectivity index (χ3v) is 6.94. The van der Waals surface area contributed by atoms with Crippen LogP contribution in [0.3, 0.4) is 0 Å². The normalized spacial score (nSPS) is 23.0. The van der Waals surface area contributed by atoms with Crippen molar-refractivity contribution in [2.24, 2.45) is 5.41 Å². The fraction of sp³-hybridized carbons (Fsp3) is 0.444. The quantitative estimate of drug-likeness (QED) is 0.245. The molecule has 3 rings (SSSR count). The maximum atomic E-state index is 15.6. The van der Waals surface area contributed by atoms with Crippen LogP contribution in [0.1, 0.15) is 44.2 Å². The summed E-state index contributed by atoms with van der Waals surface area (Å²) in [5, 5.41) is 23.1. The average molecular weight is 605 g/mol. The van der Waals surface area contributed by atoms with Gasteiger partial charge >= 0.3 is 18.1 Å². The molecule has 0 radical (unpaired) electrons. The fourth-order valence-corrected chi connectivity index (χ4v) is 5.37. The van der Waals surface area contributed by atoms with E-state index in [0.717, 1.165) is 6.07 Å². The molecular weight excluding hydrogens is 579 g/mol. The van der Waals surface area contributed by atoms with E-state index in [0.29, 0.717) is 0 Å². The first kappa shape index (κ1) is 31.6. The van der Waals surface area contributed by atoms with Gasteiger partial charge < -0.3 is 14.6 Å². The lowest BCUT2D eigenvalue weighted by Crippen LogP contribution is -2.44. The van der Waals surface area contributed by atoms with Gasteiger partial charge in [-0.3, -0.25) is 5.32 Å². The number of rotatable bonds is 7. The second-order valence-electron chi connectivity index (χ2n) is 10.5. The van der Waals surface area contributed by atoms with Crippen molar-refractivity contribution in [3.63, 3.8) is 0 Å². The number of nitrogens with one attached hydrogen (secondary N) is 1. The van der Waals surface area contributed by atoms with E-state index >= 15 is 4.39 Å². The van der Waals surface area contributed by atoms with Gasteiger partial charge in [0.05, 0.1) is 12.7 Å². The van der Waals surface area contributed by atoms with E-state index in [-0.39, 0.29) is 39.9 Å². The van der Waals surface area contributed by atoms with Crippen molar-refractivity contribution in [3.05, 3.63) is 63.4 Å². The van der Waals surface area contributed by atoms with E-state index in [9.17, 15) is 33.1 Å². The van der Waals surface area contributed by atoms with Crippen LogP contribution in [0, 0.1) is 22.6 Å². The summed E-state index contributed by atoms with van der Waals surface area (Å²) in [7, 11) is 0. The molecule has 0 aromatic heterocycles. The Morgan fingerprint density at radius 3 is 2.30 bits per heavy atom. The molecule has 40 heavy (non-hydrogen) atoms. The van der Waals surface area contributed by atoms with Gasteiger partial charge in [-0.25, -0.2) is 14.0 Å². The van der Waals surface area contributed by atoms with Gasteiger partial charge in [0.1, 0.15) is 29.6 Å². The number of ether oxygens (including phenoxy) is 2. The fourth-order valence-electron chi connectivity index (χ4n) is 5.04. The Morgan fingerprint density at radius 1 is 1.12 bits per heavy atom. The van der Waals surface area contributed by atoms with Crippen molar-refractivity contribution in [1.29, 1.82) is 5.26 Å². The Bertz CT molecular complexity index is 1330. The summed E-state index contributed by atoms with van der Waals surface area (Å²) in [6.07, 6.45) is -5.35. The lowest BCUT2D eigenvalue weighted by atomic mass is 9.62. The number of carbonyl (C=O) groups excluding carboxylic acids is 2. The van der Waals surface area contributed by atoms with Gasteiger partial charge in [0.25, 0.3) is 0 Å². The number of benzene rings is 2. The van der Waals surface area contributed by atoms with E-state index < -0.39 is 59.4 Å². The van der Waals surface area contributed by atoms with Gasteiger partial charge in [-0.1, -0.05) is 50.0 Å². The number of aliphatic hydroxyl groups excluding tert-OH is 1. The third kappa shape index (κ3) is 6.52. The molecule has 1 heterocycles. The largest absolute Gasteiger partial charge is 0.491 e. The molecule has 4 atom stereocenters. The zero-order valence-electron chi connectivity index (χ0n) is 21.6. The maximum absolute atomic E-state index is 15.6. The molecular formula is C27H26Cl2F4N2O5. The summed E-state index contributed by atoms with van der Waals surface area (Å²) in [6, 6.07) is 7.03. The predicted molar refractivity (Wildman–Crippen MR) is 137 cm³/mol. The molecule has 2 aromatic rings. The highest BCUT2D eigenvalue weighted by molar-refractivity contribution is 6.31. The van der Waals surface area contributed by atoms with Crippen molar-refractivity contribution in [2.75, 3.05) is 13.2 Å². The Labute approximate surface area is 238 Å². The monoisotopic (exact) mass is 604 g/mol. The Kier molecular flexibility index (Phi) is 9.41. The van der Waals surface area contributed by atoms with E-state index in [1.807, 2.05) is 20.8 Å². The molecule has 1 aliphatic rings. The summed E-state index contributed by atoms with van der Waals surface area (Å²) in [5.41, 5.74) is -2.67. The second kappa shape index (κ2) is 11.9. The standard InChI is InChI=1S/C27H26Cl2F4N2O5/c1-25(2,3)12-20-26(13-34,17-6-4-15(29)11-18(17)30)21(16-10-14(28)5-7-19(16)39-9-8-36)22(35-20)23(37)40-24(38)27(31,32)33/h4-7,10-11,20-22,35-36H,8-9,12H2,1-3H3/t20-,21-,22+,26-/m0/s1. The number of hydrogen-bond donors (Lipinski definition) is 2. The van der Waals surface area contributed by atoms with Crippen LogP contribution >= 0.6 is 23.2 Å². The molecule has 1 fully saturated rings. The molecule has 0 spiro atoms. The highest BCUT2D eigenvalue weighted by Gasteiger charge is 2.62. The maximum Gasteiger partial charge on any atom is 0.491 e. The molecule has 1 saturated heterocycles. The Morgan fingerprint density at radius 2 is 1.75 bits per heavy atom. The minimum atomic E-state index is -5.48. The molecule has 0 aliphatic carbocycles. The lowest BCUT2D eigenvalue weighted by Gasteiger charge is -2.37. The minimum absolute atomic E-state index is 0.0191. The summed E-state index contributed by atoms with van der Waals surface area (Å²) >= 11 is 12.2. The van der Waals surface area contributed by atoms with Gasteiger partial charge in [-0.15, -0.1) is 0 Å². The summed E-state index contributed by atoms with van der Waals surface area (Å²) in [5.74, 6) is -6.75. The number of aliphatic hydroxyl groups is 1. The van der Waals surface area contributed by atoms with Gasteiger partial charge in [0, 0.05) is 33.1 Å². The van der Waals surface area contributed by atoms with Gasteiger partial charge in [0.15, 0.2) is 0 Å². The number of carbonyl (C=O) groups is 2. The first-order valence-electron chi connectivity index (χ1n) is 12.0. The van der Waals surface area contributed by atoms with Crippen molar-refractivity contribution < 1.29 is 41.7 Å². The number of halogens is 6. The number of hydrogen-bond acceptors (Lipinski definition) is 7. The van der Waals surface area contributed by atoms with Gasteiger partial charge in [0.2, 0.25) is 0 Å². The number of nitrogens with zero attached hydrogens (tertiary/aromatic N) is 1. The molecule has 0 saturated carbocycles. The minimum Gasteiger partial charge on any atom is -0.491 e. The van der Waals surface area contributed by atoms with Crippen LogP contribution in [0.25, 0.3) is 0 Å². The van der Waals surface area contributed by atoms with Gasteiger partial charge in [-0.2, -0.15) is 18.4 Å². The highest BCUT2D eigenvalue weighted by Crippen LogP contribution is 2.54. The topological polar surface area (TPSA) is 109 Å². The molecule has 216 valence electrons. The van der Waals surface area contributed by atoms with Crippen LogP contribution in [-0.2, 0) is 19.7 Å². The van der Waals surface area contributed by atoms with Crippen molar-refractivity contribution >= 4 is 35.1 Å². The summed E-state index contributed by atoms with van der Waals surface area (Å²) in [6.45, 7) is 4.81. The second-order valence-corrected chi connectivity index (χ2v) is 11.4.